The Morgan fingerprint density at radius 3 is 2.69 bits per heavy atom. The van der Waals surface area contributed by atoms with Crippen molar-refractivity contribution in [3.05, 3.63) is 100 Å². The zero-order valence-electron chi connectivity index (χ0n) is 22.6. The molecule has 0 amide bonds. The second-order valence-corrected chi connectivity index (χ2v) is 11.6. The van der Waals surface area contributed by atoms with Crippen molar-refractivity contribution in [3.63, 3.8) is 0 Å². The number of aryl methyl sites for hydroxylation is 1. The number of ether oxygens (including phenoxy) is 4. The largest absolute Gasteiger partial charge is 0.478 e. The molecule has 3 aromatic carbocycles. The molecule has 0 aliphatic carbocycles. The van der Waals surface area contributed by atoms with Gasteiger partial charge in [0.1, 0.15) is 41.3 Å². The number of hydrogen-bond donors (Lipinski definition) is 1. The number of carboxylic acids is 1. The van der Waals surface area contributed by atoms with Gasteiger partial charge in [-0.1, -0.05) is 71.0 Å². The van der Waals surface area contributed by atoms with Crippen LogP contribution in [-0.2, 0) is 18.9 Å². The van der Waals surface area contributed by atoms with Crippen LogP contribution in [0.3, 0.4) is 0 Å². The Morgan fingerprint density at radius 2 is 1.95 bits per heavy atom. The third-order valence-electron chi connectivity index (χ3n) is 7.35. The van der Waals surface area contributed by atoms with Gasteiger partial charge in [0.05, 0.1) is 18.4 Å². The molecule has 1 aromatic heterocycles. The summed E-state index contributed by atoms with van der Waals surface area (Å²) in [5.41, 5.74) is 1.83. The molecule has 1 N–H and O–H groups in total. The van der Waals surface area contributed by atoms with Crippen LogP contribution in [0.25, 0.3) is 11.3 Å². The molecule has 2 aliphatic heterocycles. The summed E-state index contributed by atoms with van der Waals surface area (Å²) in [7, 11) is 1.55. The fourth-order valence-corrected chi connectivity index (χ4v) is 6.76. The molecule has 6 atom stereocenters. The summed E-state index contributed by atoms with van der Waals surface area (Å²) >= 11 is 7.42. The lowest BCUT2D eigenvalue weighted by molar-refractivity contribution is -0.308. The molecule has 9 nitrogen and oxygen atoms in total. The molecule has 12 heteroatoms. The molecule has 2 aliphatic rings. The number of methoxy groups -OCH3 is 1. The summed E-state index contributed by atoms with van der Waals surface area (Å²) in [6.07, 6.45) is -0.718. The van der Waals surface area contributed by atoms with Crippen molar-refractivity contribution in [2.75, 3.05) is 13.7 Å². The van der Waals surface area contributed by atoms with Crippen molar-refractivity contribution < 1.29 is 33.2 Å². The quantitative estimate of drug-likeness (QED) is 0.272. The molecule has 218 valence electrons. The van der Waals surface area contributed by atoms with Crippen molar-refractivity contribution in [3.8, 4) is 11.3 Å². The molecule has 0 radical (unpaired) electrons. The monoisotopic (exact) mass is 611 g/mol. The van der Waals surface area contributed by atoms with E-state index in [1.807, 2.05) is 30.3 Å². The Kier molecular flexibility index (Phi) is 8.30. The number of aromatic nitrogens is 3. The number of carbonyl (C=O) groups is 1. The molecule has 0 spiro atoms. The van der Waals surface area contributed by atoms with Gasteiger partial charge in [-0.3, -0.25) is 0 Å². The van der Waals surface area contributed by atoms with Crippen molar-refractivity contribution in [1.82, 2.24) is 15.0 Å². The third kappa shape index (κ3) is 5.68. The van der Waals surface area contributed by atoms with Gasteiger partial charge in [0.2, 0.25) is 0 Å². The molecule has 6 rings (SSSR count). The maximum atomic E-state index is 14.4. The van der Waals surface area contributed by atoms with Crippen LogP contribution in [0.5, 0.6) is 0 Å². The summed E-state index contributed by atoms with van der Waals surface area (Å²) in [5, 5.41) is 18.9. The van der Waals surface area contributed by atoms with E-state index in [1.165, 1.54) is 30.0 Å². The Bertz CT molecular complexity index is 1590. The number of carboxylic acid groups (broad SMARTS) is 1. The molecule has 0 saturated carbocycles. The van der Waals surface area contributed by atoms with E-state index in [0.717, 1.165) is 5.56 Å². The van der Waals surface area contributed by atoms with Gasteiger partial charge in [-0.15, -0.1) is 5.10 Å². The average molecular weight is 612 g/mol. The SMILES string of the molecule is COC1[C@@H](Sc2cc(Cl)ccc2C(=O)O)OC2COC(c3ccccc3)O[C@@H]2[C@@H]1n1cc(-c2ccc(C)c(F)c2)nn1. The minimum Gasteiger partial charge on any atom is -0.478 e. The standard InChI is InChI=1S/C30H27ClFN3O6S/c1-16-8-9-18(12-21(16)32)22-14-35(34-33-22)25-26-23(15-39-29(41-26)17-6-4-3-5-7-17)40-30(27(25)38-2)42-24-13-19(31)10-11-20(24)28(36)37/h3-14,23,25-27,29-30H,15H2,1-2H3,(H,36,37)/t23?,25-,26-,27?,29?,30+/m0/s1. The van der Waals surface area contributed by atoms with Gasteiger partial charge in [-0.05, 0) is 36.8 Å². The Morgan fingerprint density at radius 1 is 1.14 bits per heavy atom. The van der Waals surface area contributed by atoms with E-state index in [9.17, 15) is 14.3 Å². The predicted molar refractivity (Wildman–Crippen MR) is 153 cm³/mol. The number of nitrogens with zero attached hydrogens (tertiary/aromatic N) is 3. The molecule has 3 heterocycles. The van der Waals surface area contributed by atoms with E-state index in [0.29, 0.717) is 26.7 Å². The Balaban J connectivity index is 1.38. The summed E-state index contributed by atoms with van der Waals surface area (Å²) in [6, 6.07) is 18.5. The minimum atomic E-state index is -1.09. The number of benzene rings is 3. The highest BCUT2D eigenvalue weighted by molar-refractivity contribution is 8.00. The summed E-state index contributed by atoms with van der Waals surface area (Å²) in [6.45, 7) is 1.90. The first kappa shape index (κ1) is 28.8. The summed E-state index contributed by atoms with van der Waals surface area (Å²) in [5.74, 6) is -1.43. The fraction of sp³-hybridized carbons (Fsp3) is 0.300. The lowest BCUT2D eigenvalue weighted by atomic mass is 9.95. The van der Waals surface area contributed by atoms with Gasteiger partial charge in [0.25, 0.3) is 0 Å². The topological polar surface area (TPSA) is 105 Å². The molecule has 2 fully saturated rings. The molecule has 42 heavy (non-hydrogen) atoms. The second-order valence-electron chi connectivity index (χ2n) is 10.0. The number of fused-ring (bicyclic) bond motifs is 1. The number of hydrogen-bond acceptors (Lipinski definition) is 8. The number of rotatable bonds is 7. The maximum absolute atomic E-state index is 14.4. The second kappa shape index (κ2) is 12.1. The molecular formula is C30H27ClFN3O6S. The number of thioether (sulfide) groups is 1. The van der Waals surface area contributed by atoms with Crippen molar-refractivity contribution in [1.29, 1.82) is 0 Å². The first-order chi connectivity index (χ1) is 20.3. The van der Waals surface area contributed by atoms with Crippen LogP contribution in [0.15, 0.2) is 77.8 Å². The van der Waals surface area contributed by atoms with Crippen LogP contribution in [0, 0.1) is 12.7 Å². The van der Waals surface area contributed by atoms with E-state index in [2.05, 4.69) is 10.3 Å². The van der Waals surface area contributed by atoms with Gasteiger partial charge in [-0.2, -0.15) is 0 Å². The summed E-state index contributed by atoms with van der Waals surface area (Å²) in [4.78, 5) is 12.4. The average Bonchev–Trinajstić information content (AvgIpc) is 3.48. The van der Waals surface area contributed by atoms with Crippen LogP contribution in [0.4, 0.5) is 4.39 Å². The van der Waals surface area contributed by atoms with E-state index >= 15 is 0 Å². The lowest BCUT2D eigenvalue weighted by Crippen LogP contribution is -2.59. The lowest BCUT2D eigenvalue weighted by Gasteiger charge is -2.48. The molecule has 0 bridgehead atoms. The highest BCUT2D eigenvalue weighted by Gasteiger charge is 2.52. The van der Waals surface area contributed by atoms with Crippen LogP contribution in [0.2, 0.25) is 5.02 Å². The van der Waals surface area contributed by atoms with Gasteiger partial charge >= 0.3 is 5.97 Å². The molecule has 4 aromatic rings. The zero-order chi connectivity index (χ0) is 29.4. The van der Waals surface area contributed by atoms with Crippen LogP contribution < -0.4 is 0 Å². The van der Waals surface area contributed by atoms with Crippen molar-refractivity contribution >= 4 is 29.3 Å². The Hall–Kier alpha value is -3.32. The van der Waals surface area contributed by atoms with Crippen molar-refractivity contribution in [2.45, 2.75) is 47.9 Å². The highest BCUT2D eigenvalue weighted by Crippen LogP contribution is 2.45. The van der Waals surface area contributed by atoms with Gasteiger partial charge in [0.15, 0.2) is 6.29 Å². The predicted octanol–water partition coefficient (Wildman–Crippen LogP) is 5.93. The zero-order valence-corrected chi connectivity index (χ0v) is 24.2. The number of halogens is 2. The van der Waals surface area contributed by atoms with Gasteiger partial charge in [-0.25, -0.2) is 13.9 Å². The van der Waals surface area contributed by atoms with Gasteiger partial charge in [0, 0.05) is 28.2 Å². The normalized spacial score (nSPS) is 25.6. The first-order valence-corrected chi connectivity index (χ1v) is 14.5. The molecule has 3 unspecified atom stereocenters. The van der Waals surface area contributed by atoms with E-state index in [1.54, 1.807) is 43.1 Å². The van der Waals surface area contributed by atoms with Crippen molar-refractivity contribution in [2.24, 2.45) is 0 Å². The van der Waals surface area contributed by atoms with E-state index < -0.39 is 42.0 Å². The van der Waals surface area contributed by atoms with Crippen LogP contribution in [-0.4, -0.2) is 63.5 Å². The van der Waals surface area contributed by atoms with Crippen LogP contribution in [0.1, 0.15) is 33.8 Å². The molecular weight excluding hydrogens is 585 g/mol. The summed E-state index contributed by atoms with van der Waals surface area (Å²) < 4.78 is 41.1. The van der Waals surface area contributed by atoms with Gasteiger partial charge < -0.3 is 24.1 Å². The fourth-order valence-electron chi connectivity index (χ4n) is 5.20. The highest BCUT2D eigenvalue weighted by atomic mass is 35.5. The van der Waals surface area contributed by atoms with E-state index in [4.69, 9.17) is 30.5 Å². The minimum absolute atomic E-state index is 0.0891. The smallest absolute Gasteiger partial charge is 0.336 e. The van der Waals surface area contributed by atoms with Crippen LogP contribution >= 0.6 is 23.4 Å². The third-order valence-corrected chi connectivity index (χ3v) is 8.79. The van der Waals surface area contributed by atoms with E-state index in [-0.39, 0.29) is 18.0 Å². The molecule has 2 saturated heterocycles. The maximum Gasteiger partial charge on any atom is 0.336 e. The first-order valence-electron chi connectivity index (χ1n) is 13.2. The Labute approximate surface area is 250 Å². The number of aromatic carboxylic acids is 1.